The third-order valence-corrected chi connectivity index (χ3v) is 4.75. The first-order chi connectivity index (χ1) is 11.6. The van der Waals surface area contributed by atoms with Crippen molar-refractivity contribution in [3.05, 3.63) is 52.8 Å². The number of amides is 1. The van der Waals surface area contributed by atoms with Crippen LogP contribution >= 0.6 is 12.4 Å². The Balaban J connectivity index is 0.00000225. The highest BCUT2D eigenvalue weighted by Crippen LogP contribution is 2.15. The number of halogens is 1. The fraction of sp³-hybridized carbons (Fsp3) is 0.474. The van der Waals surface area contributed by atoms with Crippen LogP contribution in [0.25, 0.3) is 0 Å². The van der Waals surface area contributed by atoms with Gasteiger partial charge in [-0.1, -0.05) is 12.1 Å². The van der Waals surface area contributed by atoms with Crippen LogP contribution in [0.2, 0.25) is 0 Å². The van der Waals surface area contributed by atoms with Crippen LogP contribution in [-0.4, -0.2) is 46.8 Å². The number of hydrogen-bond acceptors (Lipinski definition) is 3. The molecule has 25 heavy (non-hydrogen) atoms. The molecule has 1 aromatic heterocycles. The van der Waals surface area contributed by atoms with Crippen molar-refractivity contribution in [2.75, 3.05) is 20.1 Å². The molecule has 1 aromatic carbocycles. The second-order valence-corrected chi connectivity index (χ2v) is 6.66. The van der Waals surface area contributed by atoms with Crippen molar-refractivity contribution in [3.63, 3.8) is 0 Å². The van der Waals surface area contributed by atoms with Crippen LogP contribution < -0.4 is 5.32 Å². The number of likely N-dealkylation sites (tertiary alicyclic amines) is 1. The van der Waals surface area contributed by atoms with Gasteiger partial charge in [0.05, 0.1) is 12.2 Å². The summed E-state index contributed by atoms with van der Waals surface area (Å²) < 4.78 is 1.99. The Morgan fingerprint density at radius 3 is 2.60 bits per heavy atom. The van der Waals surface area contributed by atoms with Gasteiger partial charge in [0, 0.05) is 30.4 Å². The molecule has 0 bridgehead atoms. The molecule has 1 fully saturated rings. The van der Waals surface area contributed by atoms with Gasteiger partial charge < -0.3 is 10.2 Å². The number of nitrogens with zero attached hydrogens (tertiary/aromatic N) is 3. The average molecular weight is 363 g/mol. The van der Waals surface area contributed by atoms with Crippen LogP contribution in [0.15, 0.2) is 30.3 Å². The molecule has 1 unspecified atom stereocenters. The first kappa shape index (κ1) is 19.5. The van der Waals surface area contributed by atoms with Gasteiger partial charge in [-0.05, 0) is 57.5 Å². The molecule has 1 saturated heterocycles. The van der Waals surface area contributed by atoms with Crippen LogP contribution in [-0.2, 0) is 6.54 Å². The third kappa shape index (κ3) is 4.61. The highest BCUT2D eigenvalue weighted by atomic mass is 35.5. The number of carbonyl (C=O) groups is 1. The maximum absolute atomic E-state index is 12.7. The Kier molecular flexibility index (Phi) is 6.62. The topological polar surface area (TPSA) is 50.2 Å². The van der Waals surface area contributed by atoms with Gasteiger partial charge in [-0.3, -0.25) is 9.48 Å². The molecule has 1 aliphatic heterocycles. The SMILES string of the molecule is CNC1CCCN(C(=O)c2ccc(Cn3nc(C)cc3C)cc2)C1.Cl. The molecule has 1 atom stereocenters. The quantitative estimate of drug-likeness (QED) is 0.909. The predicted molar refractivity (Wildman–Crippen MR) is 102 cm³/mol. The van der Waals surface area contributed by atoms with Crippen molar-refractivity contribution in [2.45, 2.75) is 39.3 Å². The van der Waals surface area contributed by atoms with Gasteiger partial charge >= 0.3 is 0 Å². The molecule has 0 saturated carbocycles. The van der Waals surface area contributed by atoms with Gasteiger partial charge in [0.25, 0.3) is 5.91 Å². The van der Waals surface area contributed by atoms with Crippen molar-refractivity contribution in [2.24, 2.45) is 0 Å². The third-order valence-electron chi connectivity index (χ3n) is 4.75. The molecule has 2 aromatic rings. The summed E-state index contributed by atoms with van der Waals surface area (Å²) >= 11 is 0. The molecule has 0 radical (unpaired) electrons. The zero-order valence-corrected chi connectivity index (χ0v) is 16.0. The van der Waals surface area contributed by atoms with Gasteiger partial charge in [0.2, 0.25) is 0 Å². The first-order valence-corrected chi connectivity index (χ1v) is 8.63. The van der Waals surface area contributed by atoms with Crippen molar-refractivity contribution < 1.29 is 4.79 Å². The van der Waals surface area contributed by atoms with E-state index in [4.69, 9.17) is 0 Å². The zero-order valence-electron chi connectivity index (χ0n) is 15.2. The van der Waals surface area contributed by atoms with E-state index in [2.05, 4.69) is 23.4 Å². The molecule has 0 spiro atoms. The van der Waals surface area contributed by atoms with E-state index in [1.165, 1.54) is 0 Å². The van der Waals surface area contributed by atoms with Crippen molar-refractivity contribution in [1.82, 2.24) is 20.0 Å². The van der Waals surface area contributed by atoms with E-state index in [1.54, 1.807) is 0 Å². The lowest BCUT2D eigenvalue weighted by atomic mass is 10.0. The van der Waals surface area contributed by atoms with Crippen molar-refractivity contribution >= 4 is 18.3 Å². The minimum Gasteiger partial charge on any atom is -0.337 e. The summed E-state index contributed by atoms with van der Waals surface area (Å²) in [5, 5.41) is 7.77. The maximum atomic E-state index is 12.7. The summed E-state index contributed by atoms with van der Waals surface area (Å²) in [7, 11) is 1.96. The van der Waals surface area contributed by atoms with E-state index >= 15 is 0 Å². The molecule has 0 aliphatic carbocycles. The van der Waals surface area contributed by atoms with Gasteiger partial charge in [0.15, 0.2) is 0 Å². The fourth-order valence-electron chi connectivity index (χ4n) is 3.34. The molecular formula is C19H27ClN4O. The Morgan fingerprint density at radius 2 is 2.00 bits per heavy atom. The van der Waals surface area contributed by atoms with Crippen molar-refractivity contribution in [1.29, 1.82) is 0 Å². The molecule has 1 amide bonds. The second kappa shape index (κ2) is 8.50. The van der Waals surface area contributed by atoms with E-state index in [0.29, 0.717) is 6.04 Å². The molecule has 136 valence electrons. The van der Waals surface area contributed by atoms with Crippen LogP contribution in [0.3, 0.4) is 0 Å². The zero-order chi connectivity index (χ0) is 17.1. The minimum absolute atomic E-state index is 0. The maximum Gasteiger partial charge on any atom is 0.253 e. The van der Waals surface area contributed by atoms with Gasteiger partial charge in [-0.25, -0.2) is 0 Å². The van der Waals surface area contributed by atoms with Crippen LogP contribution in [0.1, 0.15) is 40.2 Å². The number of aryl methyl sites for hydroxylation is 2. The smallest absolute Gasteiger partial charge is 0.253 e. The number of carbonyl (C=O) groups excluding carboxylic acids is 1. The summed E-state index contributed by atoms with van der Waals surface area (Å²) in [4.78, 5) is 14.6. The van der Waals surface area contributed by atoms with E-state index in [1.807, 2.05) is 47.8 Å². The number of piperidine rings is 1. The van der Waals surface area contributed by atoms with Crippen LogP contribution in [0, 0.1) is 13.8 Å². The number of nitrogens with one attached hydrogen (secondary N) is 1. The molecule has 2 heterocycles. The normalized spacial score (nSPS) is 17.2. The largest absolute Gasteiger partial charge is 0.337 e. The summed E-state index contributed by atoms with van der Waals surface area (Å²) in [5.41, 5.74) is 4.11. The number of aromatic nitrogens is 2. The monoisotopic (exact) mass is 362 g/mol. The molecule has 1 aliphatic rings. The minimum atomic E-state index is 0. The fourth-order valence-corrected chi connectivity index (χ4v) is 3.34. The predicted octanol–water partition coefficient (Wildman–Crippen LogP) is 2.79. The van der Waals surface area contributed by atoms with Crippen LogP contribution in [0.4, 0.5) is 0 Å². The summed E-state index contributed by atoms with van der Waals surface area (Å²) in [6.07, 6.45) is 2.20. The molecule has 5 nitrogen and oxygen atoms in total. The summed E-state index contributed by atoms with van der Waals surface area (Å²) in [6, 6.07) is 10.4. The standard InChI is InChI=1S/C19H26N4O.ClH/c1-14-11-15(2)23(21-14)12-16-6-8-17(9-7-16)19(24)22-10-4-5-18(13-22)20-3;/h6-9,11,18,20H,4-5,10,12-13H2,1-3H3;1H. The average Bonchev–Trinajstić information content (AvgIpc) is 2.92. The van der Waals surface area contributed by atoms with Gasteiger partial charge in [-0.15, -0.1) is 12.4 Å². The van der Waals surface area contributed by atoms with E-state index in [-0.39, 0.29) is 18.3 Å². The number of rotatable bonds is 4. The van der Waals surface area contributed by atoms with Crippen LogP contribution in [0.5, 0.6) is 0 Å². The Morgan fingerprint density at radius 1 is 1.28 bits per heavy atom. The Bertz CT molecular complexity index is 711. The van der Waals surface area contributed by atoms with Gasteiger partial charge in [0.1, 0.15) is 0 Å². The summed E-state index contributed by atoms with van der Waals surface area (Å²) in [6.45, 7) is 6.45. The molecular weight excluding hydrogens is 336 g/mol. The van der Waals surface area contributed by atoms with E-state index in [0.717, 1.165) is 55.0 Å². The molecule has 6 heteroatoms. The van der Waals surface area contributed by atoms with Crippen molar-refractivity contribution in [3.8, 4) is 0 Å². The lowest BCUT2D eigenvalue weighted by Gasteiger charge is -2.32. The number of hydrogen-bond donors (Lipinski definition) is 1. The molecule has 3 rings (SSSR count). The van der Waals surface area contributed by atoms with E-state index in [9.17, 15) is 4.79 Å². The Labute approximate surface area is 155 Å². The first-order valence-electron chi connectivity index (χ1n) is 8.63. The number of likely N-dealkylation sites (N-methyl/N-ethyl adjacent to an activating group) is 1. The molecule has 1 N–H and O–H groups in total. The second-order valence-electron chi connectivity index (χ2n) is 6.66. The highest BCUT2D eigenvalue weighted by Gasteiger charge is 2.23. The lowest BCUT2D eigenvalue weighted by Crippen LogP contribution is -2.46. The summed E-state index contributed by atoms with van der Waals surface area (Å²) in [5.74, 6) is 0.132. The number of benzene rings is 1. The van der Waals surface area contributed by atoms with Gasteiger partial charge in [-0.2, -0.15) is 5.10 Å². The highest BCUT2D eigenvalue weighted by molar-refractivity contribution is 5.94. The lowest BCUT2D eigenvalue weighted by molar-refractivity contribution is 0.0698. The van der Waals surface area contributed by atoms with E-state index < -0.39 is 0 Å². The Hall–Kier alpha value is -1.85.